The standard InChI is InChI=1S/C13H17NO4/c1-16-12-7-9(4-5-11(12)14)13(15)18-10-3-2-6-17-8-10/h4-5,7,10H,2-3,6,8,14H2,1H3. The minimum absolute atomic E-state index is 0.158. The number of nitrogen functional groups attached to an aromatic ring is 1. The van der Waals surface area contributed by atoms with E-state index in [0.29, 0.717) is 23.6 Å². The molecule has 0 amide bonds. The Kier molecular flexibility index (Phi) is 4.04. The Morgan fingerprint density at radius 3 is 3.00 bits per heavy atom. The zero-order valence-electron chi connectivity index (χ0n) is 10.3. The third kappa shape index (κ3) is 2.92. The first kappa shape index (κ1) is 12.7. The zero-order valence-corrected chi connectivity index (χ0v) is 10.3. The first-order valence-corrected chi connectivity index (χ1v) is 5.93. The Bertz CT molecular complexity index is 427. The summed E-state index contributed by atoms with van der Waals surface area (Å²) in [6, 6.07) is 4.85. The molecular weight excluding hydrogens is 234 g/mol. The molecule has 98 valence electrons. The summed E-state index contributed by atoms with van der Waals surface area (Å²) < 4.78 is 15.7. The number of carbonyl (C=O) groups excluding carboxylic acids is 1. The summed E-state index contributed by atoms with van der Waals surface area (Å²) >= 11 is 0. The molecular formula is C13H17NO4. The summed E-state index contributed by atoms with van der Waals surface area (Å²) in [5, 5.41) is 0. The number of methoxy groups -OCH3 is 1. The van der Waals surface area contributed by atoms with Crippen LogP contribution in [0.25, 0.3) is 0 Å². The van der Waals surface area contributed by atoms with Gasteiger partial charge in [-0.15, -0.1) is 0 Å². The number of rotatable bonds is 3. The lowest BCUT2D eigenvalue weighted by Gasteiger charge is -2.22. The molecule has 1 unspecified atom stereocenters. The highest BCUT2D eigenvalue weighted by molar-refractivity contribution is 5.90. The zero-order chi connectivity index (χ0) is 13.0. The molecule has 0 aliphatic carbocycles. The molecule has 1 aromatic rings. The second kappa shape index (κ2) is 5.73. The first-order chi connectivity index (χ1) is 8.70. The van der Waals surface area contributed by atoms with Crippen molar-refractivity contribution >= 4 is 11.7 Å². The van der Waals surface area contributed by atoms with Crippen molar-refractivity contribution in [1.82, 2.24) is 0 Å². The van der Waals surface area contributed by atoms with Gasteiger partial charge in [0, 0.05) is 6.61 Å². The van der Waals surface area contributed by atoms with Gasteiger partial charge in [0.25, 0.3) is 0 Å². The van der Waals surface area contributed by atoms with Crippen LogP contribution in [-0.4, -0.2) is 32.4 Å². The van der Waals surface area contributed by atoms with E-state index in [0.717, 1.165) is 19.4 Å². The van der Waals surface area contributed by atoms with Crippen molar-refractivity contribution in [2.45, 2.75) is 18.9 Å². The van der Waals surface area contributed by atoms with Crippen molar-refractivity contribution in [3.05, 3.63) is 23.8 Å². The highest BCUT2D eigenvalue weighted by Crippen LogP contribution is 2.23. The highest BCUT2D eigenvalue weighted by Gasteiger charge is 2.19. The lowest BCUT2D eigenvalue weighted by Crippen LogP contribution is -2.28. The van der Waals surface area contributed by atoms with E-state index in [-0.39, 0.29) is 12.1 Å². The van der Waals surface area contributed by atoms with Gasteiger partial charge in [-0.25, -0.2) is 4.79 Å². The topological polar surface area (TPSA) is 70.8 Å². The van der Waals surface area contributed by atoms with E-state index in [9.17, 15) is 4.79 Å². The SMILES string of the molecule is COc1cc(C(=O)OC2CCCOC2)ccc1N. The van der Waals surface area contributed by atoms with Gasteiger partial charge in [0.15, 0.2) is 0 Å². The molecule has 1 aromatic carbocycles. The molecule has 1 aliphatic rings. The van der Waals surface area contributed by atoms with E-state index in [1.165, 1.54) is 7.11 Å². The molecule has 18 heavy (non-hydrogen) atoms. The molecule has 0 bridgehead atoms. The Morgan fingerprint density at radius 1 is 1.50 bits per heavy atom. The van der Waals surface area contributed by atoms with Crippen molar-refractivity contribution in [1.29, 1.82) is 0 Å². The quantitative estimate of drug-likeness (QED) is 0.653. The monoisotopic (exact) mass is 251 g/mol. The smallest absolute Gasteiger partial charge is 0.338 e. The number of carbonyl (C=O) groups is 1. The summed E-state index contributed by atoms with van der Waals surface area (Å²) in [5.41, 5.74) is 6.62. The molecule has 5 nitrogen and oxygen atoms in total. The molecule has 5 heteroatoms. The maximum absolute atomic E-state index is 11.9. The van der Waals surface area contributed by atoms with Crippen LogP contribution in [0.4, 0.5) is 5.69 Å². The highest BCUT2D eigenvalue weighted by atomic mass is 16.6. The van der Waals surface area contributed by atoms with E-state index in [1.807, 2.05) is 0 Å². The molecule has 2 rings (SSSR count). The molecule has 1 atom stereocenters. The van der Waals surface area contributed by atoms with E-state index in [1.54, 1.807) is 18.2 Å². The van der Waals surface area contributed by atoms with Gasteiger partial charge in [-0.3, -0.25) is 0 Å². The fourth-order valence-corrected chi connectivity index (χ4v) is 1.86. The minimum atomic E-state index is -0.371. The Labute approximate surface area is 106 Å². The van der Waals surface area contributed by atoms with E-state index < -0.39 is 0 Å². The normalized spacial score (nSPS) is 19.3. The second-order valence-corrected chi connectivity index (χ2v) is 4.20. The molecule has 0 saturated carbocycles. The van der Waals surface area contributed by atoms with Crippen LogP contribution in [0.5, 0.6) is 5.75 Å². The van der Waals surface area contributed by atoms with Crippen LogP contribution in [0.15, 0.2) is 18.2 Å². The van der Waals surface area contributed by atoms with Gasteiger partial charge in [0.1, 0.15) is 11.9 Å². The number of benzene rings is 1. The second-order valence-electron chi connectivity index (χ2n) is 4.20. The average molecular weight is 251 g/mol. The van der Waals surface area contributed by atoms with Crippen molar-refractivity contribution in [3.63, 3.8) is 0 Å². The van der Waals surface area contributed by atoms with Gasteiger partial charge in [-0.1, -0.05) is 0 Å². The summed E-state index contributed by atoms with van der Waals surface area (Å²) in [6.07, 6.45) is 1.61. The van der Waals surface area contributed by atoms with Crippen molar-refractivity contribution in [3.8, 4) is 5.75 Å². The number of nitrogens with two attached hydrogens (primary N) is 1. The molecule has 1 heterocycles. The van der Waals surface area contributed by atoms with Gasteiger partial charge in [-0.2, -0.15) is 0 Å². The molecule has 0 aromatic heterocycles. The van der Waals surface area contributed by atoms with Crippen LogP contribution < -0.4 is 10.5 Å². The lowest BCUT2D eigenvalue weighted by atomic mass is 10.1. The number of hydrogen-bond acceptors (Lipinski definition) is 5. The van der Waals surface area contributed by atoms with Gasteiger partial charge in [0.2, 0.25) is 0 Å². The summed E-state index contributed by atoms with van der Waals surface area (Å²) in [5.74, 6) is 0.105. The third-order valence-electron chi connectivity index (χ3n) is 2.86. The molecule has 0 spiro atoms. The van der Waals surface area contributed by atoms with Crippen LogP contribution in [0.3, 0.4) is 0 Å². The van der Waals surface area contributed by atoms with E-state index in [4.69, 9.17) is 19.9 Å². The Hall–Kier alpha value is -1.75. The first-order valence-electron chi connectivity index (χ1n) is 5.93. The van der Waals surface area contributed by atoms with Crippen molar-refractivity contribution in [2.75, 3.05) is 26.1 Å². The minimum Gasteiger partial charge on any atom is -0.495 e. The fraction of sp³-hybridized carbons (Fsp3) is 0.462. The predicted octanol–water partition coefficient (Wildman–Crippen LogP) is 1.61. The summed E-state index contributed by atoms with van der Waals surface area (Å²) in [4.78, 5) is 11.9. The fourth-order valence-electron chi connectivity index (χ4n) is 1.86. The molecule has 1 saturated heterocycles. The van der Waals surface area contributed by atoms with Gasteiger partial charge >= 0.3 is 5.97 Å². The Morgan fingerprint density at radius 2 is 2.33 bits per heavy atom. The largest absolute Gasteiger partial charge is 0.495 e. The van der Waals surface area contributed by atoms with Gasteiger partial charge < -0.3 is 19.9 Å². The van der Waals surface area contributed by atoms with Gasteiger partial charge in [0.05, 0.1) is 25.0 Å². The number of esters is 1. The van der Waals surface area contributed by atoms with Crippen LogP contribution >= 0.6 is 0 Å². The number of ether oxygens (including phenoxy) is 3. The van der Waals surface area contributed by atoms with Gasteiger partial charge in [-0.05, 0) is 31.0 Å². The van der Waals surface area contributed by atoms with Crippen molar-refractivity contribution < 1.29 is 19.0 Å². The predicted molar refractivity (Wildman–Crippen MR) is 66.7 cm³/mol. The molecule has 1 aliphatic heterocycles. The number of hydrogen-bond donors (Lipinski definition) is 1. The average Bonchev–Trinajstić information content (AvgIpc) is 2.40. The maximum Gasteiger partial charge on any atom is 0.338 e. The lowest BCUT2D eigenvalue weighted by molar-refractivity contribution is -0.0306. The Balaban J connectivity index is 2.03. The van der Waals surface area contributed by atoms with Crippen LogP contribution in [0, 0.1) is 0 Å². The number of anilines is 1. The summed E-state index contributed by atoms with van der Waals surface area (Å²) in [6.45, 7) is 1.21. The maximum atomic E-state index is 11.9. The van der Waals surface area contributed by atoms with Crippen molar-refractivity contribution in [2.24, 2.45) is 0 Å². The molecule has 2 N–H and O–H groups in total. The molecule has 1 fully saturated rings. The van der Waals surface area contributed by atoms with E-state index in [2.05, 4.69) is 0 Å². The van der Waals surface area contributed by atoms with Crippen LogP contribution in [0.2, 0.25) is 0 Å². The van der Waals surface area contributed by atoms with Crippen LogP contribution in [-0.2, 0) is 9.47 Å². The van der Waals surface area contributed by atoms with Crippen LogP contribution in [0.1, 0.15) is 23.2 Å². The van der Waals surface area contributed by atoms with E-state index >= 15 is 0 Å². The molecule has 0 radical (unpaired) electrons. The summed E-state index contributed by atoms with van der Waals surface area (Å²) in [7, 11) is 1.51. The third-order valence-corrected chi connectivity index (χ3v) is 2.86.